The summed E-state index contributed by atoms with van der Waals surface area (Å²) >= 11 is 0. The molecule has 2 aromatic carbocycles. The zero-order chi connectivity index (χ0) is 16.6. The molecule has 4 rings (SSSR count). The number of nitrogens with zero attached hydrogens (tertiary/aromatic N) is 1. The molecule has 2 aliphatic heterocycles. The summed E-state index contributed by atoms with van der Waals surface area (Å²) in [5.74, 6) is 0.667. The SMILES string of the molecule is O=C1CC2(CN(C(=O)OCc3ccccc3)C2)Oc2ccccc21. The molecule has 0 bridgehead atoms. The van der Waals surface area contributed by atoms with Gasteiger partial charge in [0, 0.05) is 0 Å². The average Bonchev–Trinajstić information content (AvgIpc) is 2.58. The minimum absolute atomic E-state index is 0.0640. The van der Waals surface area contributed by atoms with E-state index >= 15 is 0 Å². The molecule has 122 valence electrons. The quantitative estimate of drug-likeness (QED) is 0.852. The van der Waals surface area contributed by atoms with Gasteiger partial charge in [0.2, 0.25) is 0 Å². The van der Waals surface area contributed by atoms with E-state index in [1.807, 2.05) is 42.5 Å². The first-order valence-corrected chi connectivity index (χ1v) is 7.92. The van der Waals surface area contributed by atoms with Crippen LogP contribution in [0.25, 0.3) is 0 Å². The van der Waals surface area contributed by atoms with Crippen LogP contribution in [0.3, 0.4) is 0 Å². The van der Waals surface area contributed by atoms with Gasteiger partial charge in [0.25, 0.3) is 0 Å². The van der Waals surface area contributed by atoms with Crippen LogP contribution >= 0.6 is 0 Å². The van der Waals surface area contributed by atoms with Crippen LogP contribution in [0.15, 0.2) is 54.6 Å². The molecule has 0 N–H and O–H groups in total. The molecule has 2 aromatic rings. The number of likely N-dealkylation sites (tertiary alicyclic amines) is 1. The van der Waals surface area contributed by atoms with Crippen molar-refractivity contribution in [2.24, 2.45) is 0 Å². The number of Topliss-reactive ketones (excluding diaryl/α,β-unsaturated/α-hetero) is 1. The highest BCUT2D eigenvalue weighted by Gasteiger charge is 2.52. The number of ether oxygens (including phenoxy) is 2. The Hall–Kier alpha value is -2.82. The molecule has 0 atom stereocenters. The zero-order valence-corrected chi connectivity index (χ0v) is 13.1. The number of rotatable bonds is 2. The highest BCUT2D eigenvalue weighted by Crippen LogP contribution is 2.38. The van der Waals surface area contributed by atoms with Crippen molar-refractivity contribution < 1.29 is 19.1 Å². The molecular formula is C19H17NO4. The van der Waals surface area contributed by atoms with Crippen molar-refractivity contribution in [3.63, 3.8) is 0 Å². The summed E-state index contributed by atoms with van der Waals surface area (Å²) in [7, 11) is 0. The Morgan fingerprint density at radius 3 is 2.58 bits per heavy atom. The number of carbonyl (C=O) groups is 2. The van der Waals surface area contributed by atoms with Crippen molar-refractivity contribution in [3.8, 4) is 5.75 Å². The van der Waals surface area contributed by atoms with E-state index < -0.39 is 5.60 Å². The van der Waals surface area contributed by atoms with Gasteiger partial charge in [-0.15, -0.1) is 0 Å². The molecule has 0 aromatic heterocycles. The summed E-state index contributed by atoms with van der Waals surface area (Å²) in [6.45, 7) is 0.993. The van der Waals surface area contributed by atoms with Gasteiger partial charge in [-0.1, -0.05) is 42.5 Å². The van der Waals surface area contributed by atoms with Crippen LogP contribution in [-0.2, 0) is 11.3 Å². The highest BCUT2D eigenvalue weighted by atomic mass is 16.6. The fraction of sp³-hybridized carbons (Fsp3) is 0.263. The molecule has 1 amide bonds. The minimum Gasteiger partial charge on any atom is -0.482 e. The number of para-hydroxylation sites is 1. The van der Waals surface area contributed by atoms with Crippen molar-refractivity contribution in [2.75, 3.05) is 13.1 Å². The fourth-order valence-electron chi connectivity index (χ4n) is 3.21. The van der Waals surface area contributed by atoms with Crippen molar-refractivity contribution in [3.05, 3.63) is 65.7 Å². The van der Waals surface area contributed by atoms with Gasteiger partial charge in [-0.3, -0.25) is 4.79 Å². The van der Waals surface area contributed by atoms with E-state index in [4.69, 9.17) is 9.47 Å². The number of hydrogen-bond acceptors (Lipinski definition) is 4. The van der Waals surface area contributed by atoms with Crippen molar-refractivity contribution in [1.82, 2.24) is 4.90 Å². The fourth-order valence-corrected chi connectivity index (χ4v) is 3.21. The Kier molecular flexibility index (Phi) is 3.49. The molecule has 0 saturated carbocycles. The largest absolute Gasteiger partial charge is 0.482 e. The standard InChI is InChI=1S/C19H17NO4/c21-16-10-19(24-17-9-5-4-8-15(16)17)12-20(13-19)18(22)23-11-14-6-2-1-3-7-14/h1-9H,10-13H2. The van der Waals surface area contributed by atoms with Crippen LogP contribution in [0, 0.1) is 0 Å². The van der Waals surface area contributed by atoms with E-state index in [1.54, 1.807) is 17.0 Å². The molecule has 5 nitrogen and oxygen atoms in total. The van der Waals surface area contributed by atoms with Crippen LogP contribution in [0.1, 0.15) is 22.3 Å². The minimum atomic E-state index is -0.600. The van der Waals surface area contributed by atoms with Crippen LogP contribution in [0.5, 0.6) is 5.75 Å². The van der Waals surface area contributed by atoms with E-state index in [0.29, 0.717) is 30.8 Å². The van der Waals surface area contributed by atoms with E-state index in [1.165, 1.54) is 0 Å². The van der Waals surface area contributed by atoms with Crippen LogP contribution in [0.4, 0.5) is 4.79 Å². The van der Waals surface area contributed by atoms with Gasteiger partial charge in [-0.05, 0) is 17.7 Å². The van der Waals surface area contributed by atoms with Crippen molar-refractivity contribution in [2.45, 2.75) is 18.6 Å². The van der Waals surface area contributed by atoms with E-state index in [9.17, 15) is 9.59 Å². The maximum Gasteiger partial charge on any atom is 0.410 e. The summed E-state index contributed by atoms with van der Waals surface area (Å²) in [4.78, 5) is 26.0. The lowest BCUT2D eigenvalue weighted by Crippen LogP contribution is -2.68. The third kappa shape index (κ3) is 2.62. The Labute approximate surface area is 139 Å². The lowest BCUT2D eigenvalue weighted by molar-refractivity contribution is -0.0743. The van der Waals surface area contributed by atoms with E-state index in [2.05, 4.69) is 0 Å². The summed E-state index contributed by atoms with van der Waals surface area (Å²) in [5, 5.41) is 0. The van der Waals surface area contributed by atoms with Gasteiger partial charge in [-0.25, -0.2) is 4.79 Å². The lowest BCUT2D eigenvalue weighted by atomic mass is 9.84. The van der Waals surface area contributed by atoms with Crippen LogP contribution < -0.4 is 4.74 Å². The first-order chi connectivity index (χ1) is 11.7. The molecule has 0 unspecified atom stereocenters. The maximum absolute atomic E-state index is 12.3. The van der Waals surface area contributed by atoms with E-state index in [-0.39, 0.29) is 18.5 Å². The monoisotopic (exact) mass is 323 g/mol. The Balaban J connectivity index is 1.36. The molecule has 1 spiro atoms. The predicted octanol–water partition coefficient (Wildman–Crippen LogP) is 3.04. The van der Waals surface area contributed by atoms with Gasteiger partial charge >= 0.3 is 6.09 Å². The maximum atomic E-state index is 12.3. The number of ketones is 1. The second-order valence-electron chi connectivity index (χ2n) is 6.28. The predicted molar refractivity (Wildman–Crippen MR) is 86.9 cm³/mol. The smallest absolute Gasteiger partial charge is 0.410 e. The van der Waals surface area contributed by atoms with Crippen molar-refractivity contribution >= 4 is 11.9 Å². The summed E-state index contributed by atoms with van der Waals surface area (Å²) < 4.78 is 11.3. The van der Waals surface area contributed by atoms with Gasteiger partial charge in [-0.2, -0.15) is 0 Å². The molecule has 2 aliphatic rings. The molecule has 5 heteroatoms. The second-order valence-corrected chi connectivity index (χ2v) is 6.28. The molecule has 0 radical (unpaired) electrons. The molecule has 24 heavy (non-hydrogen) atoms. The van der Waals surface area contributed by atoms with Gasteiger partial charge in [0.15, 0.2) is 11.4 Å². The number of carbonyl (C=O) groups excluding carboxylic acids is 2. The topological polar surface area (TPSA) is 55.8 Å². The number of fused-ring (bicyclic) bond motifs is 1. The Morgan fingerprint density at radius 1 is 1.08 bits per heavy atom. The second kappa shape index (κ2) is 5.67. The lowest BCUT2D eigenvalue weighted by Gasteiger charge is -2.50. The van der Waals surface area contributed by atoms with Gasteiger partial charge in [0.1, 0.15) is 12.4 Å². The molecule has 1 fully saturated rings. The third-order valence-electron chi connectivity index (χ3n) is 4.42. The van der Waals surface area contributed by atoms with Crippen molar-refractivity contribution in [1.29, 1.82) is 0 Å². The van der Waals surface area contributed by atoms with E-state index in [0.717, 1.165) is 5.56 Å². The van der Waals surface area contributed by atoms with Crippen LogP contribution in [0.2, 0.25) is 0 Å². The number of hydrogen-bond donors (Lipinski definition) is 0. The van der Waals surface area contributed by atoms with Gasteiger partial charge < -0.3 is 14.4 Å². The average molecular weight is 323 g/mol. The first-order valence-electron chi connectivity index (χ1n) is 7.92. The Morgan fingerprint density at radius 2 is 1.79 bits per heavy atom. The summed E-state index contributed by atoms with van der Waals surface area (Å²) in [5.41, 5.74) is 0.962. The summed E-state index contributed by atoms with van der Waals surface area (Å²) in [6, 6.07) is 16.8. The molecule has 0 aliphatic carbocycles. The number of benzene rings is 2. The molecular weight excluding hydrogens is 306 g/mol. The first kappa shape index (κ1) is 14.8. The molecule has 2 heterocycles. The Bertz CT molecular complexity index is 781. The zero-order valence-electron chi connectivity index (χ0n) is 13.1. The summed E-state index contributed by atoms with van der Waals surface area (Å²) in [6.07, 6.45) is -0.0775. The normalized spacial score (nSPS) is 17.7. The highest BCUT2D eigenvalue weighted by molar-refractivity contribution is 6.00. The third-order valence-corrected chi connectivity index (χ3v) is 4.42. The molecule has 1 saturated heterocycles. The van der Waals surface area contributed by atoms with Gasteiger partial charge in [0.05, 0.1) is 25.1 Å². The number of amides is 1. The van der Waals surface area contributed by atoms with Crippen LogP contribution in [-0.4, -0.2) is 35.5 Å².